The molecule has 118 valence electrons. The van der Waals surface area contributed by atoms with Gasteiger partial charge in [-0.05, 0) is 31.5 Å². The third kappa shape index (κ3) is 3.18. The number of likely N-dealkylation sites (tertiary alicyclic amines) is 1. The van der Waals surface area contributed by atoms with Crippen molar-refractivity contribution >= 4 is 11.3 Å². The molecule has 1 aliphatic heterocycles. The van der Waals surface area contributed by atoms with Crippen molar-refractivity contribution in [1.82, 2.24) is 20.0 Å². The van der Waals surface area contributed by atoms with Gasteiger partial charge in [0.1, 0.15) is 10.7 Å². The van der Waals surface area contributed by atoms with Gasteiger partial charge in [-0.3, -0.25) is 9.88 Å². The Balaban J connectivity index is 1.52. The number of hydrogen-bond donors (Lipinski definition) is 0. The predicted molar refractivity (Wildman–Crippen MR) is 88.9 cm³/mol. The van der Waals surface area contributed by atoms with E-state index in [2.05, 4.69) is 25.4 Å². The lowest BCUT2D eigenvalue weighted by atomic mass is 10.0. The van der Waals surface area contributed by atoms with Crippen LogP contribution in [-0.4, -0.2) is 26.6 Å². The molecule has 4 heterocycles. The lowest BCUT2D eigenvalue weighted by molar-refractivity contribution is 0.126. The normalized spacial score (nSPS) is 19.0. The summed E-state index contributed by atoms with van der Waals surface area (Å²) in [6.45, 7) is 1.86. The number of piperidine rings is 1. The Morgan fingerprint density at radius 1 is 1.22 bits per heavy atom. The van der Waals surface area contributed by atoms with Crippen LogP contribution in [0.2, 0.25) is 0 Å². The highest BCUT2D eigenvalue weighted by molar-refractivity contribution is 7.09. The number of thiazole rings is 1. The van der Waals surface area contributed by atoms with Crippen molar-refractivity contribution in [2.45, 2.75) is 31.8 Å². The van der Waals surface area contributed by atoms with E-state index in [0.29, 0.717) is 6.04 Å². The van der Waals surface area contributed by atoms with Crippen LogP contribution in [0.3, 0.4) is 0 Å². The summed E-state index contributed by atoms with van der Waals surface area (Å²) < 4.78 is 5.56. The average Bonchev–Trinajstić information content (AvgIpc) is 3.28. The summed E-state index contributed by atoms with van der Waals surface area (Å²) in [6, 6.07) is 6.32. The van der Waals surface area contributed by atoms with Crippen LogP contribution in [-0.2, 0) is 6.54 Å². The van der Waals surface area contributed by atoms with Gasteiger partial charge in [0.2, 0.25) is 0 Å². The zero-order valence-corrected chi connectivity index (χ0v) is 13.6. The molecule has 23 heavy (non-hydrogen) atoms. The number of nitrogens with zero attached hydrogens (tertiary/aromatic N) is 4. The third-order valence-corrected chi connectivity index (χ3v) is 5.12. The van der Waals surface area contributed by atoms with Crippen LogP contribution in [0.4, 0.5) is 0 Å². The van der Waals surface area contributed by atoms with Crippen LogP contribution >= 0.6 is 11.3 Å². The van der Waals surface area contributed by atoms with Crippen LogP contribution < -0.4 is 0 Å². The third-order valence-electron chi connectivity index (χ3n) is 4.24. The van der Waals surface area contributed by atoms with E-state index in [-0.39, 0.29) is 0 Å². The standard InChI is InChI=1S/C17H18N4OS/c1-2-9-21(16(3-1)17-19-8-10-23-17)12-14-11-15(20-22-14)13-4-6-18-7-5-13/h4-8,10-11,16H,1-3,9,12H2/t16-/m0/s1. The van der Waals surface area contributed by atoms with Gasteiger partial charge in [0, 0.05) is 35.6 Å². The fourth-order valence-electron chi connectivity index (χ4n) is 3.11. The Hall–Kier alpha value is -2.05. The lowest BCUT2D eigenvalue weighted by Crippen LogP contribution is -2.32. The van der Waals surface area contributed by atoms with Crippen molar-refractivity contribution in [3.63, 3.8) is 0 Å². The monoisotopic (exact) mass is 326 g/mol. The maximum absolute atomic E-state index is 5.56. The molecule has 4 rings (SSSR count). The zero-order valence-electron chi connectivity index (χ0n) is 12.8. The first kappa shape index (κ1) is 14.5. The van der Waals surface area contributed by atoms with Crippen LogP contribution in [0.15, 0.2) is 46.7 Å². The van der Waals surface area contributed by atoms with E-state index in [9.17, 15) is 0 Å². The topological polar surface area (TPSA) is 55.1 Å². The molecular formula is C17H18N4OS. The lowest BCUT2D eigenvalue weighted by Gasteiger charge is -2.33. The van der Waals surface area contributed by atoms with Crippen molar-refractivity contribution in [1.29, 1.82) is 0 Å². The number of hydrogen-bond acceptors (Lipinski definition) is 6. The first-order valence-electron chi connectivity index (χ1n) is 7.89. The second-order valence-corrected chi connectivity index (χ2v) is 6.69. The molecule has 0 radical (unpaired) electrons. The van der Waals surface area contributed by atoms with Crippen molar-refractivity contribution < 1.29 is 4.52 Å². The molecule has 0 unspecified atom stereocenters. The molecule has 0 amide bonds. The molecule has 0 aliphatic carbocycles. The van der Waals surface area contributed by atoms with Gasteiger partial charge in [-0.15, -0.1) is 11.3 Å². The van der Waals surface area contributed by atoms with Crippen LogP contribution in [0.1, 0.15) is 36.1 Å². The molecule has 3 aromatic heterocycles. The highest BCUT2D eigenvalue weighted by atomic mass is 32.1. The summed E-state index contributed by atoms with van der Waals surface area (Å²) in [6.07, 6.45) is 9.09. The predicted octanol–water partition coefficient (Wildman–Crippen LogP) is 3.92. The molecule has 1 fully saturated rings. The Kier molecular flexibility index (Phi) is 4.17. The molecule has 0 spiro atoms. The highest BCUT2D eigenvalue weighted by Gasteiger charge is 2.26. The quantitative estimate of drug-likeness (QED) is 0.727. The highest BCUT2D eigenvalue weighted by Crippen LogP contribution is 2.33. The summed E-state index contributed by atoms with van der Waals surface area (Å²) in [5.41, 5.74) is 1.90. The second-order valence-electron chi connectivity index (χ2n) is 5.77. The Bertz CT molecular complexity index is 741. The summed E-state index contributed by atoms with van der Waals surface area (Å²) in [7, 11) is 0. The molecule has 0 aromatic carbocycles. The summed E-state index contributed by atoms with van der Waals surface area (Å²) in [5, 5.41) is 7.46. The van der Waals surface area contributed by atoms with Crippen molar-refractivity contribution in [3.8, 4) is 11.3 Å². The van der Waals surface area contributed by atoms with E-state index in [4.69, 9.17) is 4.52 Å². The molecule has 1 atom stereocenters. The maximum atomic E-state index is 5.56. The molecule has 6 heteroatoms. The SMILES string of the molecule is c1cc(-c2cc(CN3CCCC[C@H]3c3nccs3)on2)ccn1. The largest absolute Gasteiger partial charge is 0.359 e. The van der Waals surface area contributed by atoms with Gasteiger partial charge in [-0.1, -0.05) is 11.6 Å². The molecule has 0 saturated carbocycles. The van der Waals surface area contributed by atoms with E-state index in [1.807, 2.05) is 24.4 Å². The fourth-order valence-corrected chi connectivity index (χ4v) is 3.91. The van der Waals surface area contributed by atoms with Gasteiger partial charge < -0.3 is 4.52 Å². The number of pyridine rings is 1. The Morgan fingerprint density at radius 3 is 2.96 bits per heavy atom. The zero-order chi connectivity index (χ0) is 15.5. The van der Waals surface area contributed by atoms with Gasteiger partial charge >= 0.3 is 0 Å². The molecule has 0 N–H and O–H groups in total. The van der Waals surface area contributed by atoms with Gasteiger partial charge in [0.05, 0.1) is 12.6 Å². The van der Waals surface area contributed by atoms with Crippen molar-refractivity contribution in [2.75, 3.05) is 6.54 Å². The van der Waals surface area contributed by atoms with Crippen molar-refractivity contribution in [2.24, 2.45) is 0 Å². The first-order chi connectivity index (χ1) is 11.4. The van der Waals surface area contributed by atoms with Gasteiger partial charge in [-0.25, -0.2) is 4.98 Å². The van der Waals surface area contributed by atoms with Gasteiger partial charge in [0.15, 0.2) is 5.76 Å². The number of aromatic nitrogens is 3. The summed E-state index contributed by atoms with van der Waals surface area (Å²) in [4.78, 5) is 11.0. The Morgan fingerprint density at radius 2 is 2.13 bits per heavy atom. The number of rotatable bonds is 4. The smallest absolute Gasteiger partial charge is 0.151 e. The van der Waals surface area contributed by atoms with E-state index >= 15 is 0 Å². The molecule has 1 aliphatic rings. The minimum absolute atomic E-state index is 0.401. The summed E-state index contributed by atoms with van der Waals surface area (Å²) in [5.74, 6) is 0.903. The molecule has 5 nitrogen and oxygen atoms in total. The molecular weight excluding hydrogens is 308 g/mol. The van der Waals surface area contributed by atoms with E-state index in [1.165, 1.54) is 24.3 Å². The van der Waals surface area contributed by atoms with Crippen LogP contribution in [0.25, 0.3) is 11.3 Å². The van der Waals surface area contributed by atoms with E-state index in [1.54, 1.807) is 23.7 Å². The van der Waals surface area contributed by atoms with E-state index < -0.39 is 0 Å². The minimum atomic E-state index is 0.401. The Labute approximate surface area is 139 Å². The first-order valence-corrected chi connectivity index (χ1v) is 8.77. The van der Waals surface area contributed by atoms with E-state index in [0.717, 1.165) is 30.1 Å². The maximum Gasteiger partial charge on any atom is 0.151 e. The van der Waals surface area contributed by atoms with Crippen LogP contribution in [0.5, 0.6) is 0 Å². The van der Waals surface area contributed by atoms with Gasteiger partial charge in [0.25, 0.3) is 0 Å². The fraction of sp³-hybridized carbons (Fsp3) is 0.353. The minimum Gasteiger partial charge on any atom is -0.359 e. The van der Waals surface area contributed by atoms with Crippen molar-refractivity contribution in [3.05, 3.63) is 52.9 Å². The molecule has 3 aromatic rings. The second kappa shape index (κ2) is 6.60. The molecule has 1 saturated heterocycles. The van der Waals surface area contributed by atoms with Gasteiger partial charge in [-0.2, -0.15) is 0 Å². The average molecular weight is 326 g/mol. The summed E-state index contributed by atoms with van der Waals surface area (Å²) >= 11 is 1.74. The molecule has 0 bridgehead atoms. The van der Waals surface area contributed by atoms with Crippen LogP contribution in [0, 0.1) is 0 Å².